The minimum Gasteiger partial charge on any atom is -0.467 e. The van der Waals surface area contributed by atoms with Crippen LogP contribution < -0.4 is 15.4 Å². The Morgan fingerprint density at radius 1 is 1.26 bits per heavy atom. The topological polar surface area (TPSA) is 179 Å². The minimum atomic E-state index is -4.26. The average molecular weight is 496 g/mol. The summed E-state index contributed by atoms with van der Waals surface area (Å²) in [6.07, 6.45) is 3.14. The number of nitro benzene ring substituents is 1. The summed E-state index contributed by atoms with van der Waals surface area (Å²) in [7, 11) is -4.26. The monoisotopic (exact) mass is 496 g/mol. The number of nitrogens with one attached hydrogen (secondary N) is 3. The first kappa shape index (κ1) is 25.1. The number of hydrogen-bond donors (Lipinski definition) is 3. The maximum atomic E-state index is 12.5. The van der Waals surface area contributed by atoms with Gasteiger partial charge in [-0.3, -0.25) is 19.7 Å². The second-order valence-electron chi connectivity index (χ2n) is 7.29. The number of furan rings is 1. The van der Waals surface area contributed by atoms with Crippen molar-refractivity contribution in [1.82, 2.24) is 10.0 Å². The van der Waals surface area contributed by atoms with Gasteiger partial charge in [0.05, 0.1) is 28.7 Å². The van der Waals surface area contributed by atoms with E-state index >= 15 is 0 Å². The fraction of sp³-hybridized carbons (Fsp3) is 0.400. The van der Waals surface area contributed by atoms with Gasteiger partial charge < -0.3 is 24.5 Å². The number of ether oxygens (including phenoxy) is 2. The summed E-state index contributed by atoms with van der Waals surface area (Å²) in [5, 5.41) is 16.8. The lowest BCUT2D eigenvalue weighted by atomic mass is 10.2. The highest BCUT2D eigenvalue weighted by atomic mass is 32.2. The van der Waals surface area contributed by atoms with E-state index in [0.717, 1.165) is 25.0 Å². The van der Waals surface area contributed by atoms with Crippen molar-refractivity contribution in [3.05, 3.63) is 52.5 Å². The molecule has 184 valence electrons. The van der Waals surface area contributed by atoms with Crippen LogP contribution in [0.25, 0.3) is 0 Å². The van der Waals surface area contributed by atoms with E-state index < -0.39 is 50.6 Å². The van der Waals surface area contributed by atoms with Crippen LogP contribution in [0.1, 0.15) is 18.6 Å². The van der Waals surface area contributed by atoms with Crippen LogP contribution in [-0.4, -0.2) is 57.6 Å². The van der Waals surface area contributed by atoms with Crippen LogP contribution in [0, 0.1) is 10.1 Å². The summed E-state index contributed by atoms with van der Waals surface area (Å²) >= 11 is 0. The molecule has 0 bridgehead atoms. The van der Waals surface area contributed by atoms with Crippen LogP contribution in [0.2, 0.25) is 0 Å². The van der Waals surface area contributed by atoms with Crippen LogP contribution in [0.15, 0.2) is 45.9 Å². The lowest BCUT2D eigenvalue weighted by Crippen LogP contribution is -2.36. The molecule has 34 heavy (non-hydrogen) atoms. The molecule has 1 fully saturated rings. The number of nitro groups is 1. The number of hydrogen-bond acceptors (Lipinski definition) is 10. The van der Waals surface area contributed by atoms with Crippen LogP contribution in [0.4, 0.5) is 11.4 Å². The number of esters is 1. The molecule has 14 heteroatoms. The molecule has 0 spiro atoms. The maximum Gasteiger partial charge on any atom is 0.321 e. The van der Waals surface area contributed by atoms with Gasteiger partial charge in [0.25, 0.3) is 11.6 Å². The molecule has 1 atom stereocenters. The Labute approximate surface area is 195 Å². The van der Waals surface area contributed by atoms with E-state index in [1.165, 1.54) is 12.3 Å². The zero-order valence-corrected chi connectivity index (χ0v) is 18.8. The van der Waals surface area contributed by atoms with E-state index in [0.29, 0.717) is 18.9 Å². The minimum absolute atomic E-state index is 0.0674. The third-order valence-electron chi connectivity index (χ3n) is 4.83. The van der Waals surface area contributed by atoms with Gasteiger partial charge in [0.2, 0.25) is 10.0 Å². The molecule has 0 saturated carbocycles. The van der Waals surface area contributed by atoms with E-state index in [-0.39, 0.29) is 18.3 Å². The molecule has 0 radical (unpaired) electrons. The fourth-order valence-electron chi connectivity index (χ4n) is 3.09. The Balaban J connectivity index is 1.51. The molecule has 1 unspecified atom stereocenters. The molecule has 3 rings (SSSR count). The van der Waals surface area contributed by atoms with Gasteiger partial charge in [-0.25, -0.2) is 8.42 Å². The normalized spacial score (nSPS) is 15.6. The summed E-state index contributed by atoms with van der Waals surface area (Å²) in [6.45, 7) is -0.231. The van der Waals surface area contributed by atoms with Gasteiger partial charge in [-0.15, -0.1) is 0 Å². The quantitative estimate of drug-likeness (QED) is 0.217. The van der Waals surface area contributed by atoms with Gasteiger partial charge in [0.15, 0.2) is 6.61 Å². The smallest absolute Gasteiger partial charge is 0.321 e. The fourth-order valence-corrected chi connectivity index (χ4v) is 4.08. The van der Waals surface area contributed by atoms with Crippen molar-refractivity contribution >= 4 is 33.3 Å². The maximum absolute atomic E-state index is 12.5. The van der Waals surface area contributed by atoms with E-state index in [4.69, 9.17) is 13.9 Å². The van der Waals surface area contributed by atoms with Crippen molar-refractivity contribution in [2.75, 3.05) is 31.6 Å². The van der Waals surface area contributed by atoms with Crippen LogP contribution in [0.5, 0.6) is 0 Å². The van der Waals surface area contributed by atoms with Crippen molar-refractivity contribution in [2.45, 2.75) is 30.4 Å². The van der Waals surface area contributed by atoms with E-state index in [1.54, 1.807) is 12.1 Å². The van der Waals surface area contributed by atoms with Gasteiger partial charge in [-0.1, -0.05) is 0 Å². The number of nitrogens with zero attached hydrogens (tertiary/aromatic N) is 1. The Kier molecular flexibility index (Phi) is 8.56. The standard InChI is InChI=1S/C20H24N4O9S/c25-19(22-11-15-4-2-8-32-15)13-33-20(26)12-23-34(29,30)16-5-6-17(18(9-16)24(27)28)21-10-14-3-1-7-31-14/h1,3,5-7,9,15,21,23H,2,4,8,10-13H2,(H,22,25). The number of amides is 1. The number of benzene rings is 1. The van der Waals surface area contributed by atoms with Crippen molar-refractivity contribution < 1.29 is 36.8 Å². The SMILES string of the molecule is O=C(COC(=O)CNS(=O)(=O)c1ccc(NCc2ccco2)c([N+](=O)[O-])c1)NCC1CCCO1. The zero-order valence-electron chi connectivity index (χ0n) is 18.0. The largest absolute Gasteiger partial charge is 0.467 e. The highest BCUT2D eigenvalue weighted by molar-refractivity contribution is 7.89. The van der Waals surface area contributed by atoms with Crippen molar-refractivity contribution in [1.29, 1.82) is 0 Å². The van der Waals surface area contributed by atoms with Gasteiger partial charge in [0.1, 0.15) is 18.0 Å². The first-order valence-corrected chi connectivity index (χ1v) is 11.8. The molecule has 2 heterocycles. The van der Waals surface area contributed by atoms with E-state index in [9.17, 15) is 28.1 Å². The molecule has 1 aliphatic rings. The lowest BCUT2D eigenvalue weighted by Gasteiger charge is -2.11. The second-order valence-corrected chi connectivity index (χ2v) is 9.06. The van der Waals surface area contributed by atoms with Crippen LogP contribution >= 0.6 is 0 Å². The van der Waals surface area contributed by atoms with Gasteiger partial charge in [-0.05, 0) is 37.1 Å². The molecular formula is C20H24N4O9S. The Bertz CT molecular complexity index is 1110. The Morgan fingerprint density at radius 2 is 2.09 bits per heavy atom. The van der Waals surface area contributed by atoms with Crippen molar-refractivity contribution in [2.24, 2.45) is 0 Å². The number of rotatable bonds is 12. The van der Waals surface area contributed by atoms with Crippen molar-refractivity contribution in [3.8, 4) is 0 Å². The number of carbonyl (C=O) groups excluding carboxylic acids is 2. The molecule has 1 aliphatic heterocycles. The molecule has 2 aromatic rings. The van der Waals surface area contributed by atoms with E-state index in [2.05, 4.69) is 10.6 Å². The molecule has 1 amide bonds. The first-order valence-electron chi connectivity index (χ1n) is 10.3. The highest BCUT2D eigenvalue weighted by Crippen LogP contribution is 2.28. The third kappa shape index (κ3) is 7.26. The average Bonchev–Trinajstić information content (AvgIpc) is 3.53. The zero-order chi connectivity index (χ0) is 24.6. The predicted molar refractivity (Wildman–Crippen MR) is 117 cm³/mol. The van der Waals surface area contributed by atoms with Crippen LogP contribution in [-0.2, 0) is 35.6 Å². The van der Waals surface area contributed by atoms with E-state index in [1.807, 2.05) is 4.72 Å². The molecule has 0 aliphatic carbocycles. The summed E-state index contributed by atoms with van der Waals surface area (Å²) in [5.74, 6) is -0.992. The molecule has 1 saturated heterocycles. The van der Waals surface area contributed by atoms with Gasteiger partial charge >= 0.3 is 5.97 Å². The summed E-state index contributed by atoms with van der Waals surface area (Å²) in [4.78, 5) is 33.8. The number of anilines is 1. The van der Waals surface area contributed by atoms with Gasteiger partial charge in [0, 0.05) is 19.2 Å². The molecule has 13 nitrogen and oxygen atoms in total. The summed E-state index contributed by atoms with van der Waals surface area (Å²) in [5.41, 5.74) is -0.381. The second kappa shape index (κ2) is 11.6. The molecule has 3 N–H and O–H groups in total. The summed E-state index contributed by atoms with van der Waals surface area (Å²) < 4.78 is 42.2. The lowest BCUT2D eigenvalue weighted by molar-refractivity contribution is -0.384. The Hall–Kier alpha value is -3.49. The molecular weight excluding hydrogens is 472 g/mol. The Morgan fingerprint density at radius 3 is 2.76 bits per heavy atom. The van der Waals surface area contributed by atoms with Gasteiger partial charge in [-0.2, -0.15) is 4.72 Å². The molecule has 1 aromatic heterocycles. The van der Waals surface area contributed by atoms with Crippen molar-refractivity contribution in [3.63, 3.8) is 0 Å². The van der Waals surface area contributed by atoms with Crippen LogP contribution in [0.3, 0.4) is 0 Å². The molecule has 1 aromatic carbocycles. The predicted octanol–water partition coefficient (Wildman–Crippen LogP) is 0.917. The number of sulfonamides is 1. The summed E-state index contributed by atoms with van der Waals surface area (Å²) in [6, 6.07) is 6.61. The number of carbonyl (C=O) groups is 2. The third-order valence-corrected chi connectivity index (χ3v) is 6.23. The first-order chi connectivity index (χ1) is 16.2. The highest BCUT2D eigenvalue weighted by Gasteiger charge is 2.23.